The van der Waals surface area contributed by atoms with E-state index in [9.17, 15) is 18.0 Å². The van der Waals surface area contributed by atoms with Gasteiger partial charge in [0.25, 0.3) is 0 Å². The lowest BCUT2D eigenvalue weighted by molar-refractivity contribution is -0.137. The van der Waals surface area contributed by atoms with Crippen LogP contribution in [0.1, 0.15) is 17.5 Å². The van der Waals surface area contributed by atoms with Gasteiger partial charge in [-0.15, -0.1) is 0 Å². The molecule has 3 rings (SSSR count). The van der Waals surface area contributed by atoms with Gasteiger partial charge in [-0.3, -0.25) is 4.79 Å². The van der Waals surface area contributed by atoms with Gasteiger partial charge >= 0.3 is 6.18 Å². The van der Waals surface area contributed by atoms with Crippen molar-refractivity contribution >= 4 is 11.6 Å². The minimum Gasteiger partial charge on any atom is -0.496 e. The van der Waals surface area contributed by atoms with Gasteiger partial charge in [0.2, 0.25) is 5.91 Å². The Morgan fingerprint density at radius 1 is 1.09 bits per heavy atom. The maximum Gasteiger partial charge on any atom is 0.416 e. The molecule has 23 heavy (non-hydrogen) atoms. The molecule has 0 saturated heterocycles. The van der Waals surface area contributed by atoms with Crippen molar-refractivity contribution in [3.63, 3.8) is 0 Å². The zero-order chi connectivity index (χ0) is 16.6. The monoisotopic (exact) mass is 321 g/mol. The Balaban J connectivity index is 2.04. The van der Waals surface area contributed by atoms with Crippen LogP contribution in [0.2, 0.25) is 0 Å². The summed E-state index contributed by atoms with van der Waals surface area (Å²) < 4.78 is 43.3. The molecule has 1 N–H and O–H groups in total. The molecule has 0 radical (unpaired) electrons. The van der Waals surface area contributed by atoms with Crippen LogP contribution in [0.25, 0.3) is 11.1 Å². The number of hydrogen-bond donors (Lipinski definition) is 1. The molecule has 2 aromatic rings. The lowest BCUT2D eigenvalue weighted by Crippen LogP contribution is -2.19. The molecule has 0 spiro atoms. The molecule has 2 aromatic carbocycles. The fraction of sp³-hybridized carbons (Fsp3) is 0.235. The smallest absolute Gasteiger partial charge is 0.416 e. The Morgan fingerprint density at radius 2 is 1.78 bits per heavy atom. The molecule has 0 bridgehead atoms. The lowest BCUT2D eigenvalue weighted by atomic mass is 9.95. The summed E-state index contributed by atoms with van der Waals surface area (Å²) in [5.74, 6) is 0.451. The van der Waals surface area contributed by atoms with Crippen LogP contribution >= 0.6 is 0 Å². The van der Waals surface area contributed by atoms with E-state index in [1.54, 1.807) is 6.07 Å². The average molecular weight is 321 g/mol. The van der Waals surface area contributed by atoms with E-state index < -0.39 is 11.7 Å². The van der Waals surface area contributed by atoms with Crippen molar-refractivity contribution in [3.8, 4) is 16.9 Å². The maximum absolute atomic E-state index is 12.7. The number of nitrogens with one attached hydrogen (secondary N) is 1. The molecule has 0 aliphatic carbocycles. The molecule has 0 unspecified atom stereocenters. The minimum atomic E-state index is -4.36. The van der Waals surface area contributed by atoms with E-state index >= 15 is 0 Å². The van der Waals surface area contributed by atoms with Crippen molar-refractivity contribution in [3.05, 3.63) is 47.5 Å². The fourth-order valence-electron chi connectivity index (χ4n) is 2.64. The standard InChI is InChI=1S/C17H14F3NO2/c1-23-15-9-14-11(4-7-16(22)21-14)8-13(15)10-2-5-12(6-3-10)17(18,19)20/h2-3,5-6,8-9H,4,7H2,1H3,(H,21,22). The van der Waals surface area contributed by atoms with Crippen LogP contribution in [0.15, 0.2) is 36.4 Å². The Morgan fingerprint density at radius 3 is 2.39 bits per heavy atom. The van der Waals surface area contributed by atoms with E-state index in [4.69, 9.17) is 4.74 Å². The molecule has 3 nitrogen and oxygen atoms in total. The number of amides is 1. The number of aryl methyl sites for hydroxylation is 1. The number of hydrogen-bond acceptors (Lipinski definition) is 2. The van der Waals surface area contributed by atoms with Crippen molar-refractivity contribution in [2.24, 2.45) is 0 Å². The van der Waals surface area contributed by atoms with Gasteiger partial charge in [-0.25, -0.2) is 0 Å². The molecule has 120 valence electrons. The van der Waals surface area contributed by atoms with Crippen LogP contribution in [-0.2, 0) is 17.4 Å². The molecule has 1 amide bonds. The van der Waals surface area contributed by atoms with Gasteiger partial charge in [0.05, 0.1) is 12.7 Å². The second-order valence-corrected chi connectivity index (χ2v) is 5.33. The summed E-state index contributed by atoms with van der Waals surface area (Å²) in [4.78, 5) is 11.5. The van der Waals surface area contributed by atoms with Crippen LogP contribution in [0, 0.1) is 0 Å². The number of alkyl halides is 3. The highest BCUT2D eigenvalue weighted by Crippen LogP contribution is 2.38. The minimum absolute atomic E-state index is 0.0539. The first-order chi connectivity index (χ1) is 10.9. The Labute approximate surface area is 131 Å². The number of anilines is 1. The number of carbonyl (C=O) groups excluding carboxylic acids is 1. The number of halogens is 3. The first-order valence-corrected chi connectivity index (χ1v) is 7.07. The van der Waals surface area contributed by atoms with Gasteiger partial charge in [-0.2, -0.15) is 13.2 Å². The number of benzene rings is 2. The first kappa shape index (κ1) is 15.4. The number of methoxy groups -OCH3 is 1. The van der Waals surface area contributed by atoms with E-state index in [0.717, 1.165) is 17.7 Å². The second-order valence-electron chi connectivity index (χ2n) is 5.33. The molecular weight excluding hydrogens is 307 g/mol. The number of fused-ring (bicyclic) bond motifs is 1. The SMILES string of the molecule is COc1cc2c(cc1-c1ccc(C(F)(F)F)cc1)CCC(=O)N2. The molecule has 1 heterocycles. The van der Waals surface area contributed by atoms with Gasteiger partial charge in [-0.1, -0.05) is 12.1 Å². The molecular formula is C17H14F3NO2. The third-order valence-electron chi connectivity index (χ3n) is 3.84. The van der Waals surface area contributed by atoms with Gasteiger partial charge in [0.1, 0.15) is 5.75 Å². The summed E-state index contributed by atoms with van der Waals surface area (Å²) in [5, 5.41) is 2.77. The first-order valence-electron chi connectivity index (χ1n) is 7.07. The van der Waals surface area contributed by atoms with Crippen molar-refractivity contribution < 1.29 is 22.7 Å². The van der Waals surface area contributed by atoms with Crippen molar-refractivity contribution in [1.29, 1.82) is 0 Å². The quantitative estimate of drug-likeness (QED) is 0.897. The van der Waals surface area contributed by atoms with Gasteiger partial charge in [0.15, 0.2) is 0 Å². The number of ether oxygens (including phenoxy) is 1. The summed E-state index contributed by atoms with van der Waals surface area (Å²) in [6, 6.07) is 8.52. The third-order valence-corrected chi connectivity index (χ3v) is 3.84. The number of carbonyl (C=O) groups is 1. The summed E-state index contributed by atoms with van der Waals surface area (Å²) in [5.41, 5.74) is 2.28. The summed E-state index contributed by atoms with van der Waals surface area (Å²) in [6.07, 6.45) is -3.37. The zero-order valence-corrected chi connectivity index (χ0v) is 12.3. The zero-order valence-electron chi connectivity index (χ0n) is 12.3. The molecule has 0 fully saturated rings. The predicted molar refractivity (Wildman–Crippen MR) is 80.4 cm³/mol. The Hall–Kier alpha value is -2.50. The fourth-order valence-corrected chi connectivity index (χ4v) is 2.64. The predicted octanol–water partition coefficient (Wildman–Crippen LogP) is 4.27. The average Bonchev–Trinajstić information content (AvgIpc) is 2.52. The van der Waals surface area contributed by atoms with Crippen molar-refractivity contribution in [2.45, 2.75) is 19.0 Å². The summed E-state index contributed by atoms with van der Waals surface area (Å²) >= 11 is 0. The summed E-state index contributed by atoms with van der Waals surface area (Å²) in [7, 11) is 1.49. The molecule has 1 aliphatic rings. The Bertz CT molecular complexity index is 752. The van der Waals surface area contributed by atoms with E-state index in [0.29, 0.717) is 35.4 Å². The van der Waals surface area contributed by atoms with Crippen LogP contribution < -0.4 is 10.1 Å². The van der Waals surface area contributed by atoms with Crippen LogP contribution in [0.5, 0.6) is 5.75 Å². The highest BCUT2D eigenvalue weighted by Gasteiger charge is 2.30. The second kappa shape index (κ2) is 5.61. The van der Waals surface area contributed by atoms with E-state index in [1.165, 1.54) is 19.2 Å². The Kier molecular flexibility index (Phi) is 3.75. The summed E-state index contributed by atoms with van der Waals surface area (Å²) in [6.45, 7) is 0. The van der Waals surface area contributed by atoms with Gasteiger partial charge in [0, 0.05) is 23.7 Å². The molecule has 0 atom stereocenters. The molecule has 1 aliphatic heterocycles. The topological polar surface area (TPSA) is 38.3 Å². The van der Waals surface area contributed by atoms with Gasteiger partial charge in [-0.05, 0) is 35.7 Å². The highest BCUT2D eigenvalue weighted by atomic mass is 19.4. The van der Waals surface area contributed by atoms with Crippen LogP contribution in [0.3, 0.4) is 0 Å². The van der Waals surface area contributed by atoms with Crippen molar-refractivity contribution in [2.75, 3.05) is 12.4 Å². The van der Waals surface area contributed by atoms with E-state index in [2.05, 4.69) is 5.32 Å². The molecule has 6 heteroatoms. The van der Waals surface area contributed by atoms with Gasteiger partial charge < -0.3 is 10.1 Å². The van der Waals surface area contributed by atoms with E-state index in [1.807, 2.05) is 6.07 Å². The molecule has 0 saturated carbocycles. The van der Waals surface area contributed by atoms with E-state index in [-0.39, 0.29) is 5.91 Å². The number of rotatable bonds is 2. The highest BCUT2D eigenvalue weighted by molar-refractivity contribution is 5.95. The van der Waals surface area contributed by atoms with Crippen molar-refractivity contribution in [1.82, 2.24) is 0 Å². The van der Waals surface area contributed by atoms with Crippen LogP contribution in [-0.4, -0.2) is 13.0 Å². The molecule has 0 aromatic heterocycles. The lowest BCUT2D eigenvalue weighted by Gasteiger charge is -2.20. The largest absolute Gasteiger partial charge is 0.496 e. The van der Waals surface area contributed by atoms with Crippen LogP contribution in [0.4, 0.5) is 18.9 Å². The normalized spacial score (nSPS) is 14.2. The third kappa shape index (κ3) is 3.02. The maximum atomic E-state index is 12.7.